The van der Waals surface area contributed by atoms with E-state index in [0.29, 0.717) is 5.02 Å². The quantitative estimate of drug-likeness (QED) is 0.694. The molecule has 0 aliphatic rings. The van der Waals surface area contributed by atoms with E-state index in [9.17, 15) is 18.0 Å². The van der Waals surface area contributed by atoms with Crippen molar-refractivity contribution in [2.45, 2.75) is 25.7 Å². The molecule has 146 valence electrons. The maximum absolute atomic E-state index is 12.8. The number of carbonyl (C=O) groups is 1. The van der Waals surface area contributed by atoms with Gasteiger partial charge in [0.2, 0.25) is 11.7 Å². The molecule has 0 spiro atoms. The van der Waals surface area contributed by atoms with Crippen molar-refractivity contribution in [3.05, 3.63) is 64.7 Å². The lowest BCUT2D eigenvalue weighted by atomic mass is 10.1. The van der Waals surface area contributed by atoms with E-state index in [1.54, 1.807) is 31.2 Å². The number of alkyl halides is 3. The molecule has 1 aromatic heterocycles. The number of hydrogen-bond acceptors (Lipinski definition) is 4. The largest absolute Gasteiger partial charge is 0.416 e. The predicted molar refractivity (Wildman–Crippen MR) is 96.3 cm³/mol. The Hall–Kier alpha value is -2.94. The topological polar surface area (TPSA) is 72.7 Å². The van der Waals surface area contributed by atoms with Crippen LogP contribution in [0.2, 0.25) is 5.02 Å². The Morgan fingerprint density at radius 1 is 1.21 bits per heavy atom. The third-order valence-electron chi connectivity index (χ3n) is 3.98. The average Bonchev–Trinajstić information content (AvgIpc) is 3.16. The van der Waals surface area contributed by atoms with Crippen molar-refractivity contribution in [1.82, 2.24) is 25.5 Å². The number of rotatable bonds is 5. The van der Waals surface area contributed by atoms with Crippen LogP contribution in [0, 0.1) is 0 Å². The standard InChI is InChI=1S/C18H15ClF3N5O/c1-11(17(28)23-10-12-5-7-15(19)8-6-12)27-25-16(24-26-27)13-3-2-4-14(9-13)18(20,21)22/h2-9,11H,10H2,1H3,(H,23,28). The molecule has 2 aromatic carbocycles. The first-order chi connectivity index (χ1) is 13.2. The Bertz CT molecular complexity index is 972. The van der Waals surface area contributed by atoms with Crippen LogP contribution < -0.4 is 5.32 Å². The fraction of sp³-hybridized carbons (Fsp3) is 0.222. The molecule has 0 radical (unpaired) electrons. The zero-order valence-electron chi connectivity index (χ0n) is 14.6. The summed E-state index contributed by atoms with van der Waals surface area (Å²) in [5, 5.41) is 14.9. The van der Waals surface area contributed by atoms with Gasteiger partial charge in [0.15, 0.2) is 0 Å². The highest BCUT2D eigenvalue weighted by Crippen LogP contribution is 2.31. The molecular formula is C18H15ClF3N5O. The predicted octanol–water partition coefficient (Wildman–Crippen LogP) is 3.89. The van der Waals surface area contributed by atoms with Gasteiger partial charge in [-0.25, -0.2) is 0 Å². The molecular weight excluding hydrogens is 395 g/mol. The van der Waals surface area contributed by atoms with E-state index in [-0.39, 0.29) is 23.8 Å². The van der Waals surface area contributed by atoms with Crippen LogP contribution in [0.1, 0.15) is 24.1 Å². The number of nitrogens with one attached hydrogen (secondary N) is 1. The van der Waals surface area contributed by atoms with Crippen LogP contribution in [0.5, 0.6) is 0 Å². The Morgan fingerprint density at radius 2 is 1.93 bits per heavy atom. The van der Waals surface area contributed by atoms with Crippen LogP contribution in [-0.4, -0.2) is 26.1 Å². The van der Waals surface area contributed by atoms with Crippen molar-refractivity contribution in [2.24, 2.45) is 0 Å². The summed E-state index contributed by atoms with van der Waals surface area (Å²) in [6, 6.07) is 10.8. The van der Waals surface area contributed by atoms with Gasteiger partial charge in [0.25, 0.3) is 0 Å². The number of benzene rings is 2. The van der Waals surface area contributed by atoms with Gasteiger partial charge in [-0.2, -0.15) is 18.0 Å². The summed E-state index contributed by atoms with van der Waals surface area (Å²) in [6.07, 6.45) is -4.47. The highest BCUT2D eigenvalue weighted by Gasteiger charge is 2.31. The molecule has 0 aliphatic heterocycles. The monoisotopic (exact) mass is 409 g/mol. The molecule has 6 nitrogen and oxygen atoms in total. The lowest BCUT2D eigenvalue weighted by Crippen LogP contribution is -2.31. The summed E-state index contributed by atoms with van der Waals surface area (Å²) in [5.74, 6) is -0.355. The van der Waals surface area contributed by atoms with Crippen LogP contribution in [0.4, 0.5) is 13.2 Å². The van der Waals surface area contributed by atoms with Gasteiger partial charge in [-0.05, 0) is 42.0 Å². The second-order valence-corrected chi connectivity index (χ2v) is 6.47. The van der Waals surface area contributed by atoms with Crippen LogP contribution in [0.3, 0.4) is 0 Å². The van der Waals surface area contributed by atoms with Crippen LogP contribution in [0.25, 0.3) is 11.4 Å². The number of carbonyl (C=O) groups excluding carboxylic acids is 1. The zero-order chi connectivity index (χ0) is 20.3. The molecule has 0 saturated heterocycles. The molecule has 1 amide bonds. The van der Waals surface area contributed by atoms with Crippen molar-refractivity contribution in [2.75, 3.05) is 0 Å². The van der Waals surface area contributed by atoms with Gasteiger partial charge in [0, 0.05) is 17.1 Å². The second kappa shape index (κ2) is 7.97. The molecule has 0 fully saturated rings. The summed E-state index contributed by atoms with van der Waals surface area (Å²) in [4.78, 5) is 13.4. The summed E-state index contributed by atoms with van der Waals surface area (Å²) < 4.78 is 38.5. The Morgan fingerprint density at radius 3 is 2.61 bits per heavy atom. The lowest BCUT2D eigenvalue weighted by Gasteiger charge is -2.11. The highest BCUT2D eigenvalue weighted by molar-refractivity contribution is 6.30. The number of aromatic nitrogens is 4. The number of tetrazole rings is 1. The van der Waals surface area contributed by atoms with Gasteiger partial charge in [0.1, 0.15) is 6.04 Å². The van der Waals surface area contributed by atoms with E-state index in [0.717, 1.165) is 22.5 Å². The lowest BCUT2D eigenvalue weighted by molar-refractivity contribution is -0.137. The van der Waals surface area contributed by atoms with E-state index in [1.165, 1.54) is 12.1 Å². The summed E-state index contributed by atoms with van der Waals surface area (Å²) >= 11 is 5.82. The minimum atomic E-state index is -4.47. The molecule has 0 aliphatic carbocycles. The van der Waals surface area contributed by atoms with Gasteiger partial charge in [-0.3, -0.25) is 4.79 Å². The van der Waals surface area contributed by atoms with Crippen LogP contribution in [-0.2, 0) is 17.5 Å². The third kappa shape index (κ3) is 4.66. The molecule has 1 heterocycles. The van der Waals surface area contributed by atoms with E-state index in [4.69, 9.17) is 11.6 Å². The number of nitrogens with zero attached hydrogens (tertiary/aromatic N) is 4. The Kier molecular flexibility index (Phi) is 5.64. The van der Waals surface area contributed by atoms with Crippen molar-refractivity contribution in [1.29, 1.82) is 0 Å². The van der Waals surface area contributed by atoms with Crippen molar-refractivity contribution in [3.63, 3.8) is 0 Å². The molecule has 0 saturated carbocycles. The minimum Gasteiger partial charge on any atom is -0.350 e. The first-order valence-corrected chi connectivity index (χ1v) is 8.61. The second-order valence-electron chi connectivity index (χ2n) is 6.03. The summed E-state index contributed by atoms with van der Waals surface area (Å²) in [6.45, 7) is 1.85. The fourth-order valence-electron chi connectivity index (χ4n) is 2.38. The molecule has 3 aromatic rings. The normalized spacial score (nSPS) is 12.6. The molecule has 28 heavy (non-hydrogen) atoms. The van der Waals surface area contributed by atoms with Crippen molar-refractivity contribution in [3.8, 4) is 11.4 Å². The summed E-state index contributed by atoms with van der Waals surface area (Å²) in [5.41, 5.74) is 0.214. The first kappa shape index (κ1) is 19.8. The maximum Gasteiger partial charge on any atom is 0.416 e. The number of amides is 1. The van der Waals surface area contributed by atoms with Gasteiger partial charge in [-0.1, -0.05) is 35.9 Å². The number of halogens is 4. The Balaban J connectivity index is 1.69. The van der Waals surface area contributed by atoms with Gasteiger partial charge >= 0.3 is 6.18 Å². The Labute approximate surface area is 163 Å². The van der Waals surface area contributed by atoms with E-state index < -0.39 is 17.8 Å². The van der Waals surface area contributed by atoms with Gasteiger partial charge < -0.3 is 5.32 Å². The van der Waals surface area contributed by atoms with Crippen molar-refractivity contribution >= 4 is 17.5 Å². The smallest absolute Gasteiger partial charge is 0.350 e. The summed E-state index contributed by atoms with van der Waals surface area (Å²) in [7, 11) is 0. The molecule has 1 N–H and O–H groups in total. The van der Waals surface area contributed by atoms with E-state index in [2.05, 4.69) is 20.7 Å². The minimum absolute atomic E-state index is 0.00320. The third-order valence-corrected chi connectivity index (χ3v) is 4.23. The maximum atomic E-state index is 12.8. The van der Waals surface area contributed by atoms with Crippen molar-refractivity contribution < 1.29 is 18.0 Å². The van der Waals surface area contributed by atoms with E-state index >= 15 is 0 Å². The molecule has 0 bridgehead atoms. The SMILES string of the molecule is CC(C(=O)NCc1ccc(Cl)cc1)n1nnc(-c2cccc(C(F)(F)F)c2)n1. The molecule has 1 unspecified atom stereocenters. The molecule has 3 rings (SSSR count). The van der Waals surface area contributed by atoms with Gasteiger partial charge in [0.05, 0.1) is 5.56 Å². The van der Waals surface area contributed by atoms with Crippen LogP contribution in [0.15, 0.2) is 48.5 Å². The van der Waals surface area contributed by atoms with Crippen LogP contribution >= 0.6 is 11.6 Å². The number of hydrogen-bond donors (Lipinski definition) is 1. The first-order valence-electron chi connectivity index (χ1n) is 8.23. The molecule has 1 atom stereocenters. The highest BCUT2D eigenvalue weighted by atomic mass is 35.5. The average molecular weight is 410 g/mol. The molecule has 10 heteroatoms. The zero-order valence-corrected chi connectivity index (χ0v) is 15.4. The van der Waals surface area contributed by atoms with Gasteiger partial charge in [-0.15, -0.1) is 10.2 Å². The van der Waals surface area contributed by atoms with E-state index in [1.807, 2.05) is 0 Å². The fourth-order valence-corrected chi connectivity index (χ4v) is 2.51.